The van der Waals surface area contributed by atoms with E-state index in [1.54, 1.807) is 0 Å². The molecule has 4 fully saturated rings. The van der Waals surface area contributed by atoms with Crippen molar-refractivity contribution in [1.82, 2.24) is 9.80 Å². The second-order valence-electron chi connectivity index (χ2n) is 10.7. The van der Waals surface area contributed by atoms with Crippen LogP contribution in [0.15, 0.2) is 29.3 Å². The smallest absolute Gasteiger partial charge is 0.240 e. The van der Waals surface area contributed by atoms with Gasteiger partial charge < -0.3 is 4.90 Å². The summed E-state index contributed by atoms with van der Waals surface area (Å²) in [6.07, 6.45) is 11.8. The topological polar surface area (TPSA) is 39.2 Å². The van der Waals surface area contributed by atoms with Gasteiger partial charge in [-0.25, -0.2) is 0 Å². The number of amidine groups is 1. The van der Waals surface area contributed by atoms with E-state index >= 15 is 0 Å². The van der Waals surface area contributed by atoms with E-state index in [-0.39, 0.29) is 11.5 Å². The van der Waals surface area contributed by atoms with Crippen LogP contribution in [0.2, 0.25) is 0 Å². The highest BCUT2D eigenvalue weighted by Gasteiger charge is 2.60. The summed E-state index contributed by atoms with van der Waals surface area (Å²) in [6, 6.07) is 9.04. The highest BCUT2D eigenvalue weighted by Crippen LogP contribution is 2.49. The van der Waals surface area contributed by atoms with Crippen LogP contribution in [0.1, 0.15) is 69.8 Å². The van der Waals surface area contributed by atoms with E-state index in [1.807, 2.05) is 0 Å². The summed E-state index contributed by atoms with van der Waals surface area (Å²) in [5.74, 6) is 1.39. The van der Waals surface area contributed by atoms with Crippen molar-refractivity contribution < 1.29 is 4.79 Å². The molecular weight excluding hydrogens is 396 g/mol. The van der Waals surface area contributed by atoms with Gasteiger partial charge in [-0.15, -0.1) is 0 Å². The van der Waals surface area contributed by atoms with Gasteiger partial charge in [0, 0.05) is 26.2 Å². The van der Waals surface area contributed by atoms with Gasteiger partial charge in [-0.1, -0.05) is 56.2 Å². The zero-order chi connectivity index (χ0) is 22.1. The highest BCUT2D eigenvalue weighted by molar-refractivity contribution is 6.27. The summed E-state index contributed by atoms with van der Waals surface area (Å²) in [6.45, 7) is 6.32. The fraction of sp³-hybridized carbons (Fsp3) is 0.704. The van der Waals surface area contributed by atoms with Crippen molar-refractivity contribution in [3.63, 3.8) is 0 Å². The molecule has 0 N–H and O–H groups in total. The molecule has 4 aliphatic rings. The van der Waals surface area contributed by atoms with Crippen molar-refractivity contribution >= 4 is 17.4 Å². The molecule has 0 aromatic heterocycles. The molecule has 0 radical (unpaired) electrons. The lowest BCUT2D eigenvalue weighted by atomic mass is 9.69. The van der Waals surface area contributed by atoms with E-state index in [0.717, 1.165) is 63.4 Å². The summed E-state index contributed by atoms with van der Waals surface area (Å²) in [4.78, 5) is 26.9. The van der Waals surface area contributed by atoms with E-state index < -0.39 is 0 Å². The number of nitrogens with zero attached hydrogens (tertiary/aromatic N) is 4. The molecule has 0 bridgehead atoms. The lowest BCUT2D eigenvalue weighted by molar-refractivity contribution is -0.130. The Hall–Kier alpha value is -1.72. The van der Waals surface area contributed by atoms with E-state index in [9.17, 15) is 4.79 Å². The third-order valence-corrected chi connectivity index (χ3v) is 8.46. The number of aliphatic imine (C=N–C) groups is 1. The van der Waals surface area contributed by atoms with Crippen molar-refractivity contribution in [2.75, 3.05) is 38.1 Å². The highest BCUT2D eigenvalue weighted by atomic mass is 16.2. The molecule has 1 atom stereocenters. The summed E-state index contributed by atoms with van der Waals surface area (Å²) < 4.78 is 0. The van der Waals surface area contributed by atoms with Crippen LogP contribution in [0, 0.1) is 12.3 Å². The summed E-state index contributed by atoms with van der Waals surface area (Å²) >= 11 is 0. The Kier molecular flexibility index (Phi) is 6.39. The second kappa shape index (κ2) is 9.26. The molecule has 2 aliphatic heterocycles. The SMILES string of the molecule is Cc1ccc(N2C(=O)C3(CCCCC3)[C@@H](N3CCN(C)CC3)C2=NC2CCCCC2)cc1. The van der Waals surface area contributed by atoms with Gasteiger partial charge in [0.2, 0.25) is 5.91 Å². The summed E-state index contributed by atoms with van der Waals surface area (Å²) in [7, 11) is 2.21. The van der Waals surface area contributed by atoms with E-state index in [4.69, 9.17) is 4.99 Å². The number of piperazine rings is 1. The van der Waals surface area contributed by atoms with Crippen LogP contribution in [0.25, 0.3) is 0 Å². The average molecular weight is 437 g/mol. The number of rotatable bonds is 3. The maximum Gasteiger partial charge on any atom is 0.240 e. The van der Waals surface area contributed by atoms with Crippen LogP contribution in [0.4, 0.5) is 5.69 Å². The number of benzene rings is 1. The van der Waals surface area contributed by atoms with E-state index in [2.05, 4.69) is 52.9 Å². The van der Waals surface area contributed by atoms with Gasteiger partial charge in [-0.3, -0.25) is 19.6 Å². The molecule has 1 amide bonds. The lowest BCUT2D eigenvalue weighted by Crippen LogP contribution is -2.57. The Morgan fingerprint density at radius 1 is 0.875 bits per heavy atom. The fourth-order valence-electron chi connectivity index (χ4n) is 6.54. The number of aryl methyl sites for hydroxylation is 1. The monoisotopic (exact) mass is 436 g/mol. The first-order valence-electron chi connectivity index (χ1n) is 13.0. The van der Waals surface area contributed by atoms with Crippen molar-refractivity contribution in [3.05, 3.63) is 29.8 Å². The van der Waals surface area contributed by atoms with Crippen molar-refractivity contribution in [2.45, 2.75) is 83.2 Å². The third-order valence-electron chi connectivity index (χ3n) is 8.46. The average Bonchev–Trinajstić information content (AvgIpc) is 3.03. The molecule has 2 heterocycles. The predicted molar refractivity (Wildman–Crippen MR) is 131 cm³/mol. The Morgan fingerprint density at radius 3 is 2.16 bits per heavy atom. The molecule has 174 valence electrons. The first kappa shape index (κ1) is 22.1. The van der Waals surface area contributed by atoms with Crippen LogP contribution in [-0.4, -0.2) is 66.9 Å². The van der Waals surface area contributed by atoms with Crippen LogP contribution in [0.5, 0.6) is 0 Å². The number of hydrogen-bond donors (Lipinski definition) is 0. The van der Waals surface area contributed by atoms with E-state index in [1.165, 1.54) is 44.1 Å². The molecule has 32 heavy (non-hydrogen) atoms. The normalized spacial score (nSPS) is 29.3. The molecule has 1 aromatic carbocycles. The standard InChI is InChI=1S/C27H40N4O/c1-21-11-13-23(14-12-21)31-25(28-22-9-5-3-6-10-22)24(30-19-17-29(2)18-20-30)27(26(31)32)15-7-4-8-16-27/h11-14,22,24H,3-10,15-20H2,1-2H3/t24-/m0/s1. The number of anilines is 1. The summed E-state index contributed by atoms with van der Waals surface area (Å²) in [5, 5.41) is 0. The number of hydrogen-bond acceptors (Lipinski definition) is 4. The van der Waals surface area contributed by atoms with Crippen LogP contribution >= 0.6 is 0 Å². The first-order valence-corrected chi connectivity index (χ1v) is 13.0. The minimum absolute atomic E-state index is 0.132. The van der Waals surface area contributed by atoms with Crippen molar-refractivity contribution in [2.24, 2.45) is 10.4 Å². The second-order valence-corrected chi connectivity index (χ2v) is 10.7. The van der Waals surface area contributed by atoms with Crippen molar-refractivity contribution in [3.8, 4) is 0 Å². The molecule has 5 nitrogen and oxygen atoms in total. The zero-order valence-electron chi connectivity index (χ0n) is 20.1. The van der Waals surface area contributed by atoms with E-state index in [0.29, 0.717) is 11.9 Å². The lowest BCUT2D eigenvalue weighted by Gasteiger charge is -2.44. The largest absolute Gasteiger partial charge is 0.304 e. The number of carbonyl (C=O) groups excluding carboxylic acids is 1. The van der Waals surface area contributed by atoms with Gasteiger partial charge in [-0.2, -0.15) is 0 Å². The molecule has 2 saturated heterocycles. The Morgan fingerprint density at radius 2 is 1.50 bits per heavy atom. The minimum atomic E-state index is -0.299. The van der Waals surface area contributed by atoms with Gasteiger partial charge in [0.25, 0.3) is 0 Å². The van der Waals surface area contributed by atoms with Crippen LogP contribution in [0.3, 0.4) is 0 Å². The molecule has 1 aromatic rings. The minimum Gasteiger partial charge on any atom is -0.304 e. The van der Waals surface area contributed by atoms with Gasteiger partial charge >= 0.3 is 0 Å². The number of carbonyl (C=O) groups is 1. The Balaban J connectivity index is 1.60. The van der Waals surface area contributed by atoms with Crippen LogP contribution in [-0.2, 0) is 4.79 Å². The fourth-order valence-corrected chi connectivity index (χ4v) is 6.54. The summed E-state index contributed by atoms with van der Waals surface area (Å²) in [5.41, 5.74) is 1.94. The van der Waals surface area contributed by atoms with Gasteiger partial charge in [0.1, 0.15) is 5.84 Å². The van der Waals surface area contributed by atoms with Gasteiger partial charge in [-0.05, 0) is 51.8 Å². The van der Waals surface area contributed by atoms with Gasteiger partial charge in [0.05, 0.1) is 23.2 Å². The molecule has 2 aliphatic carbocycles. The van der Waals surface area contributed by atoms with Crippen LogP contribution < -0.4 is 4.90 Å². The van der Waals surface area contributed by atoms with Crippen molar-refractivity contribution in [1.29, 1.82) is 0 Å². The number of amides is 1. The molecule has 2 saturated carbocycles. The molecule has 0 unspecified atom stereocenters. The molecule has 5 heteroatoms. The maximum atomic E-state index is 14.3. The molecule has 5 rings (SSSR count). The number of likely N-dealkylation sites (N-methyl/N-ethyl adjacent to an activating group) is 1. The maximum absolute atomic E-state index is 14.3. The Labute approximate surface area is 193 Å². The Bertz CT molecular complexity index is 828. The quantitative estimate of drug-likeness (QED) is 0.693. The predicted octanol–water partition coefficient (Wildman–Crippen LogP) is 4.64. The zero-order valence-corrected chi connectivity index (χ0v) is 20.1. The molecule has 1 spiro atoms. The first-order chi connectivity index (χ1) is 15.6. The third kappa shape index (κ3) is 4.03. The molecular formula is C27H40N4O. The van der Waals surface area contributed by atoms with Gasteiger partial charge in [0.15, 0.2) is 0 Å².